The van der Waals surface area contributed by atoms with Crippen LogP contribution in [0.25, 0.3) is 0 Å². The van der Waals surface area contributed by atoms with E-state index in [4.69, 9.17) is 4.74 Å². The summed E-state index contributed by atoms with van der Waals surface area (Å²) in [7, 11) is 0. The molecule has 336 valence electrons. The van der Waals surface area contributed by atoms with Gasteiger partial charge < -0.3 is 20.3 Å². The minimum absolute atomic E-state index is 0.0144. The number of aliphatic hydroxyl groups is 2. The van der Waals surface area contributed by atoms with Gasteiger partial charge in [-0.05, 0) is 64.2 Å². The van der Waals surface area contributed by atoms with Gasteiger partial charge in [-0.2, -0.15) is 0 Å². The van der Waals surface area contributed by atoms with E-state index in [-0.39, 0.29) is 24.9 Å². The Kier molecular flexibility index (Phi) is 43.4. The highest BCUT2D eigenvalue weighted by atomic mass is 16.5. The first-order valence-electron chi connectivity index (χ1n) is 24.0. The summed E-state index contributed by atoms with van der Waals surface area (Å²) in [6, 6.07) is -0.741. The number of unbranched alkanes of at least 4 members (excludes halogenated alkanes) is 16. The van der Waals surface area contributed by atoms with Crippen LogP contribution in [-0.2, 0) is 14.3 Å². The Hall–Kier alpha value is -3.22. The zero-order chi connectivity index (χ0) is 43.1. The number of amides is 1. The van der Waals surface area contributed by atoms with Crippen LogP contribution in [0.2, 0.25) is 0 Å². The van der Waals surface area contributed by atoms with Gasteiger partial charge in [0.1, 0.15) is 6.10 Å². The van der Waals surface area contributed by atoms with Gasteiger partial charge in [0.15, 0.2) is 0 Å². The number of carbonyl (C=O) groups is 2. The van der Waals surface area contributed by atoms with Crippen molar-refractivity contribution in [3.05, 3.63) is 97.2 Å². The SMILES string of the molecule is CC/C=C\C/C=C\C/C=C\C/C=C\C/C=C\CC(CC(=O)NC(CO)C(O)CCCCCCCCCCCCCC)OC(=O)CCCCCCC\C=C/C=C/C=C/CC. The minimum Gasteiger partial charge on any atom is -0.461 e. The highest BCUT2D eigenvalue weighted by Gasteiger charge is 2.23. The predicted octanol–water partition coefficient (Wildman–Crippen LogP) is 14.2. The summed E-state index contributed by atoms with van der Waals surface area (Å²) in [5.74, 6) is -0.613. The number of nitrogens with one attached hydrogen (secondary N) is 1. The first kappa shape index (κ1) is 55.8. The van der Waals surface area contributed by atoms with Gasteiger partial charge in [0.2, 0.25) is 5.91 Å². The van der Waals surface area contributed by atoms with E-state index >= 15 is 0 Å². The molecule has 0 aromatic rings. The zero-order valence-electron chi connectivity index (χ0n) is 38.1. The summed E-state index contributed by atoms with van der Waals surface area (Å²) in [6.07, 6.45) is 60.5. The molecule has 0 fully saturated rings. The highest BCUT2D eigenvalue weighted by Crippen LogP contribution is 2.15. The molecule has 0 aliphatic heterocycles. The van der Waals surface area contributed by atoms with E-state index in [1.807, 2.05) is 12.2 Å². The molecule has 0 aromatic carbocycles. The molecule has 6 nitrogen and oxygen atoms in total. The monoisotopic (exact) mass is 820 g/mol. The number of aliphatic hydroxyl groups excluding tert-OH is 2. The number of hydrogen-bond acceptors (Lipinski definition) is 5. The summed E-state index contributed by atoms with van der Waals surface area (Å²) in [4.78, 5) is 26.0. The fourth-order valence-corrected chi connectivity index (χ4v) is 6.63. The molecule has 0 saturated carbocycles. The maximum absolute atomic E-state index is 13.1. The van der Waals surface area contributed by atoms with Gasteiger partial charge in [0.25, 0.3) is 0 Å². The van der Waals surface area contributed by atoms with E-state index < -0.39 is 18.2 Å². The van der Waals surface area contributed by atoms with Crippen LogP contribution in [0.4, 0.5) is 0 Å². The van der Waals surface area contributed by atoms with Gasteiger partial charge in [0.05, 0.1) is 25.2 Å². The lowest BCUT2D eigenvalue weighted by Crippen LogP contribution is -2.46. The summed E-state index contributed by atoms with van der Waals surface area (Å²) in [5, 5.41) is 23.6. The molecule has 0 saturated heterocycles. The number of rotatable bonds is 41. The standard InChI is InChI=1S/C53H89NO5/c1-4-7-10-13-16-19-22-25-26-28-29-32-35-38-41-44-49(59-53(58)46-43-40-37-34-31-27-23-20-17-14-11-8-5-2)47-52(57)54-50(48-55)51(56)45-42-39-36-33-30-24-21-18-15-12-9-6-3/h7-8,10-11,14,16-17,19-20,23,25-26,29,32,38,41,49-51,55-56H,4-6,9,12-13,15,18,21-22,24,27-28,30-31,33-37,39-40,42-48H2,1-3H3,(H,54,57)/b10-7-,11-8+,17-14+,19-16-,23-20-,26-25-,32-29-,41-38-. The fraction of sp³-hybridized carbons (Fsp3) is 0.660. The van der Waals surface area contributed by atoms with Gasteiger partial charge in [-0.25, -0.2) is 0 Å². The van der Waals surface area contributed by atoms with Crippen molar-refractivity contribution in [1.29, 1.82) is 0 Å². The van der Waals surface area contributed by atoms with Crippen LogP contribution in [0.3, 0.4) is 0 Å². The van der Waals surface area contributed by atoms with E-state index in [2.05, 4.69) is 111 Å². The molecule has 0 bridgehead atoms. The van der Waals surface area contributed by atoms with E-state index in [1.165, 1.54) is 57.8 Å². The van der Waals surface area contributed by atoms with Crippen molar-refractivity contribution in [2.24, 2.45) is 0 Å². The van der Waals surface area contributed by atoms with Crippen molar-refractivity contribution < 1.29 is 24.5 Å². The molecular formula is C53H89NO5. The Labute approximate surface area is 363 Å². The van der Waals surface area contributed by atoms with Gasteiger partial charge in [0, 0.05) is 12.8 Å². The number of allylic oxidation sites excluding steroid dienone is 15. The minimum atomic E-state index is -0.820. The van der Waals surface area contributed by atoms with Crippen LogP contribution >= 0.6 is 0 Å². The molecule has 0 rings (SSSR count). The van der Waals surface area contributed by atoms with Gasteiger partial charge >= 0.3 is 5.97 Å². The molecule has 0 aromatic heterocycles. The molecule has 0 aliphatic rings. The maximum Gasteiger partial charge on any atom is 0.306 e. The molecule has 0 aliphatic carbocycles. The fourth-order valence-electron chi connectivity index (χ4n) is 6.63. The average molecular weight is 820 g/mol. The Morgan fingerprint density at radius 1 is 0.542 bits per heavy atom. The Bertz CT molecular complexity index is 1190. The van der Waals surface area contributed by atoms with Crippen LogP contribution in [0.1, 0.15) is 201 Å². The number of carbonyl (C=O) groups excluding carboxylic acids is 2. The summed E-state index contributed by atoms with van der Waals surface area (Å²) >= 11 is 0. The second kappa shape index (κ2) is 45.9. The van der Waals surface area contributed by atoms with Crippen LogP contribution < -0.4 is 5.32 Å². The number of hydrogen-bond donors (Lipinski definition) is 3. The average Bonchev–Trinajstić information content (AvgIpc) is 3.23. The van der Waals surface area contributed by atoms with Crippen molar-refractivity contribution in [3.63, 3.8) is 0 Å². The van der Waals surface area contributed by atoms with Crippen molar-refractivity contribution in [1.82, 2.24) is 5.32 Å². The first-order valence-corrected chi connectivity index (χ1v) is 24.0. The van der Waals surface area contributed by atoms with Crippen molar-refractivity contribution in [3.8, 4) is 0 Å². The van der Waals surface area contributed by atoms with Crippen LogP contribution in [-0.4, -0.2) is 46.9 Å². The second-order valence-corrected chi connectivity index (χ2v) is 15.8. The Balaban J connectivity index is 4.80. The van der Waals surface area contributed by atoms with Crippen LogP contribution in [0, 0.1) is 0 Å². The third-order valence-corrected chi connectivity index (χ3v) is 10.2. The maximum atomic E-state index is 13.1. The Morgan fingerprint density at radius 3 is 1.56 bits per heavy atom. The van der Waals surface area contributed by atoms with E-state index in [1.54, 1.807) is 0 Å². The third-order valence-electron chi connectivity index (χ3n) is 10.2. The zero-order valence-corrected chi connectivity index (χ0v) is 38.1. The molecule has 59 heavy (non-hydrogen) atoms. The smallest absolute Gasteiger partial charge is 0.306 e. The second-order valence-electron chi connectivity index (χ2n) is 15.8. The Morgan fingerprint density at radius 2 is 1.02 bits per heavy atom. The third kappa shape index (κ3) is 41.3. The highest BCUT2D eigenvalue weighted by molar-refractivity contribution is 5.77. The van der Waals surface area contributed by atoms with Crippen molar-refractivity contribution in [2.75, 3.05) is 6.61 Å². The van der Waals surface area contributed by atoms with Gasteiger partial charge in [-0.3, -0.25) is 9.59 Å². The molecule has 0 spiro atoms. The summed E-state index contributed by atoms with van der Waals surface area (Å²) in [6.45, 7) is 6.18. The van der Waals surface area contributed by atoms with Gasteiger partial charge in [-0.15, -0.1) is 0 Å². The first-order chi connectivity index (χ1) is 29.0. The normalized spacial score (nSPS) is 14.2. The lowest BCUT2D eigenvalue weighted by molar-refractivity contribution is -0.150. The largest absolute Gasteiger partial charge is 0.461 e. The summed E-state index contributed by atoms with van der Waals surface area (Å²) in [5.41, 5.74) is 0. The number of ether oxygens (including phenoxy) is 1. The van der Waals surface area contributed by atoms with Crippen molar-refractivity contribution in [2.45, 2.75) is 219 Å². The van der Waals surface area contributed by atoms with E-state index in [0.717, 1.165) is 96.3 Å². The van der Waals surface area contributed by atoms with E-state index in [0.29, 0.717) is 19.3 Å². The molecular weight excluding hydrogens is 731 g/mol. The summed E-state index contributed by atoms with van der Waals surface area (Å²) < 4.78 is 5.84. The van der Waals surface area contributed by atoms with Crippen LogP contribution in [0.15, 0.2) is 97.2 Å². The molecule has 1 amide bonds. The quantitative estimate of drug-likeness (QED) is 0.0247. The molecule has 0 radical (unpaired) electrons. The number of esters is 1. The molecule has 6 heteroatoms. The van der Waals surface area contributed by atoms with Crippen molar-refractivity contribution >= 4 is 11.9 Å². The molecule has 0 heterocycles. The predicted molar refractivity (Wildman–Crippen MR) is 254 cm³/mol. The topological polar surface area (TPSA) is 95.9 Å². The molecule has 3 unspecified atom stereocenters. The van der Waals surface area contributed by atoms with E-state index in [9.17, 15) is 19.8 Å². The molecule has 3 N–H and O–H groups in total. The lowest BCUT2D eigenvalue weighted by Gasteiger charge is -2.24. The molecule has 3 atom stereocenters. The lowest BCUT2D eigenvalue weighted by atomic mass is 10.0. The van der Waals surface area contributed by atoms with Gasteiger partial charge in [-0.1, -0.05) is 214 Å². The van der Waals surface area contributed by atoms with Crippen LogP contribution in [0.5, 0.6) is 0 Å².